The molecular weight excluding hydrogens is 266 g/mol. The maximum absolute atomic E-state index is 11.8. The number of aromatic nitrogens is 1. The van der Waals surface area contributed by atoms with Crippen LogP contribution in [0.1, 0.15) is 32.4 Å². The molecule has 110 valence electrons. The molecule has 0 fully saturated rings. The highest BCUT2D eigenvalue weighted by atomic mass is 16.7. The van der Waals surface area contributed by atoms with Gasteiger partial charge in [-0.2, -0.15) is 0 Å². The fraction of sp³-hybridized carbons (Fsp3) is 0.294. The van der Waals surface area contributed by atoms with Gasteiger partial charge in [0.15, 0.2) is 0 Å². The van der Waals surface area contributed by atoms with Crippen LogP contribution in [-0.4, -0.2) is 16.7 Å². The maximum atomic E-state index is 11.8. The molecule has 0 aliphatic heterocycles. The lowest BCUT2D eigenvalue weighted by Crippen LogP contribution is -2.25. The van der Waals surface area contributed by atoms with Crippen LogP contribution in [0.5, 0.6) is 0 Å². The van der Waals surface area contributed by atoms with Crippen molar-refractivity contribution in [3.05, 3.63) is 54.7 Å². The molecule has 0 aliphatic carbocycles. The lowest BCUT2D eigenvalue weighted by atomic mass is 10.1. The molecule has 0 spiro atoms. The van der Waals surface area contributed by atoms with E-state index in [1.165, 1.54) is 0 Å². The van der Waals surface area contributed by atoms with Crippen LogP contribution in [-0.2, 0) is 9.47 Å². The van der Waals surface area contributed by atoms with E-state index in [1.54, 1.807) is 33.0 Å². The summed E-state index contributed by atoms with van der Waals surface area (Å²) in [7, 11) is 0. The first-order valence-electron chi connectivity index (χ1n) is 6.76. The van der Waals surface area contributed by atoms with E-state index in [9.17, 15) is 4.79 Å². The van der Waals surface area contributed by atoms with Gasteiger partial charge < -0.3 is 9.47 Å². The highest BCUT2D eigenvalue weighted by Crippen LogP contribution is 2.23. The van der Waals surface area contributed by atoms with Crippen molar-refractivity contribution in [2.75, 3.05) is 0 Å². The van der Waals surface area contributed by atoms with E-state index < -0.39 is 17.9 Å². The molecule has 0 saturated carbocycles. The van der Waals surface area contributed by atoms with Crippen molar-refractivity contribution in [3.8, 4) is 0 Å². The summed E-state index contributed by atoms with van der Waals surface area (Å²) in [6.07, 6.45) is 1.92. The van der Waals surface area contributed by atoms with Gasteiger partial charge in [-0.1, -0.05) is 24.8 Å². The predicted molar refractivity (Wildman–Crippen MR) is 82.0 cm³/mol. The van der Waals surface area contributed by atoms with Crippen molar-refractivity contribution in [1.29, 1.82) is 0 Å². The van der Waals surface area contributed by atoms with Gasteiger partial charge in [0.1, 0.15) is 11.7 Å². The Bertz CT molecular complexity index is 658. The number of hydrogen-bond donors (Lipinski definition) is 0. The quantitative estimate of drug-likeness (QED) is 0.619. The molecular formula is C17H19NO3. The molecule has 4 heteroatoms. The second-order valence-corrected chi connectivity index (χ2v) is 5.70. The van der Waals surface area contributed by atoms with Crippen LogP contribution in [0.3, 0.4) is 0 Å². The Hall–Kier alpha value is -2.36. The van der Waals surface area contributed by atoms with Gasteiger partial charge in [-0.3, -0.25) is 4.98 Å². The van der Waals surface area contributed by atoms with E-state index in [1.807, 2.05) is 30.3 Å². The first-order valence-corrected chi connectivity index (χ1v) is 6.76. The molecule has 2 aromatic rings. The highest BCUT2D eigenvalue weighted by molar-refractivity contribution is 5.79. The Kier molecular flexibility index (Phi) is 4.26. The molecule has 0 N–H and O–H groups in total. The second kappa shape index (κ2) is 5.95. The van der Waals surface area contributed by atoms with Crippen LogP contribution >= 0.6 is 0 Å². The van der Waals surface area contributed by atoms with Crippen molar-refractivity contribution in [2.45, 2.75) is 32.5 Å². The third-order valence-electron chi connectivity index (χ3n) is 2.77. The molecule has 1 aromatic heterocycles. The van der Waals surface area contributed by atoms with E-state index in [4.69, 9.17) is 9.47 Å². The van der Waals surface area contributed by atoms with Gasteiger partial charge >= 0.3 is 6.16 Å². The molecule has 21 heavy (non-hydrogen) atoms. The van der Waals surface area contributed by atoms with Gasteiger partial charge in [-0.25, -0.2) is 4.79 Å². The van der Waals surface area contributed by atoms with Crippen molar-refractivity contribution in [3.63, 3.8) is 0 Å². The summed E-state index contributed by atoms with van der Waals surface area (Å²) in [5.74, 6) is 0. The molecule has 4 nitrogen and oxygen atoms in total. The fourth-order valence-electron chi connectivity index (χ4n) is 1.87. The van der Waals surface area contributed by atoms with Gasteiger partial charge in [-0.15, -0.1) is 0 Å². The Morgan fingerprint density at radius 3 is 2.71 bits per heavy atom. The van der Waals surface area contributed by atoms with Gasteiger partial charge in [0.05, 0.1) is 5.52 Å². The van der Waals surface area contributed by atoms with Crippen LogP contribution in [0.25, 0.3) is 10.9 Å². The van der Waals surface area contributed by atoms with Crippen LogP contribution in [0.2, 0.25) is 0 Å². The number of ether oxygens (including phenoxy) is 2. The summed E-state index contributed by atoms with van der Waals surface area (Å²) in [5, 5.41) is 0.981. The van der Waals surface area contributed by atoms with E-state index in [2.05, 4.69) is 11.6 Å². The predicted octanol–water partition coefficient (Wildman–Crippen LogP) is 4.41. The lowest BCUT2D eigenvalue weighted by molar-refractivity contribution is -0.0188. The summed E-state index contributed by atoms with van der Waals surface area (Å²) in [5.41, 5.74) is 1.06. The second-order valence-electron chi connectivity index (χ2n) is 5.70. The maximum Gasteiger partial charge on any atom is 0.509 e. The minimum Gasteiger partial charge on any atom is -0.429 e. The standard InChI is InChI=1S/C17H19NO3/c1-5-15(20-16(19)21-17(2,3)4)13-10-12-8-6-7-9-14(12)18-11-13/h5-11,15H,1H2,2-4H3. The van der Waals surface area contributed by atoms with Gasteiger partial charge in [0.25, 0.3) is 0 Å². The van der Waals surface area contributed by atoms with E-state index in [0.29, 0.717) is 0 Å². The lowest BCUT2D eigenvalue weighted by Gasteiger charge is -2.21. The average Bonchev–Trinajstić information content (AvgIpc) is 2.42. The summed E-state index contributed by atoms with van der Waals surface area (Å²) >= 11 is 0. The number of fused-ring (bicyclic) bond motifs is 1. The molecule has 0 radical (unpaired) electrons. The average molecular weight is 285 g/mol. The smallest absolute Gasteiger partial charge is 0.429 e. The summed E-state index contributed by atoms with van der Waals surface area (Å²) in [6, 6.07) is 9.68. The number of para-hydroxylation sites is 1. The number of rotatable bonds is 3. The zero-order valence-electron chi connectivity index (χ0n) is 12.5. The van der Waals surface area contributed by atoms with Crippen LogP contribution < -0.4 is 0 Å². The van der Waals surface area contributed by atoms with E-state index in [0.717, 1.165) is 16.5 Å². The fourth-order valence-corrected chi connectivity index (χ4v) is 1.87. The van der Waals surface area contributed by atoms with Crippen LogP contribution in [0.4, 0.5) is 4.79 Å². The molecule has 1 aromatic carbocycles. The van der Waals surface area contributed by atoms with Crippen molar-refractivity contribution in [1.82, 2.24) is 4.98 Å². The number of hydrogen-bond acceptors (Lipinski definition) is 4. The Labute approximate surface area is 124 Å². The van der Waals surface area contributed by atoms with Crippen molar-refractivity contribution < 1.29 is 14.3 Å². The van der Waals surface area contributed by atoms with E-state index in [-0.39, 0.29) is 0 Å². The molecule has 1 heterocycles. The van der Waals surface area contributed by atoms with Crippen LogP contribution in [0, 0.1) is 0 Å². The zero-order valence-corrected chi connectivity index (χ0v) is 12.5. The zero-order chi connectivity index (χ0) is 15.5. The normalized spacial score (nSPS) is 12.7. The van der Waals surface area contributed by atoms with Gasteiger partial charge in [0, 0.05) is 17.1 Å². The number of benzene rings is 1. The van der Waals surface area contributed by atoms with E-state index >= 15 is 0 Å². The highest BCUT2D eigenvalue weighted by Gasteiger charge is 2.21. The number of pyridine rings is 1. The van der Waals surface area contributed by atoms with Crippen LogP contribution in [0.15, 0.2) is 49.2 Å². The molecule has 1 atom stereocenters. The summed E-state index contributed by atoms with van der Waals surface area (Å²) in [4.78, 5) is 16.1. The molecule has 0 amide bonds. The minimum absolute atomic E-state index is 0.586. The molecule has 0 saturated heterocycles. The first kappa shape index (κ1) is 15.0. The minimum atomic E-state index is -0.722. The van der Waals surface area contributed by atoms with Gasteiger partial charge in [-0.05, 0) is 39.0 Å². The largest absolute Gasteiger partial charge is 0.509 e. The molecule has 0 bridgehead atoms. The third kappa shape index (κ3) is 4.05. The van der Waals surface area contributed by atoms with Gasteiger partial charge in [0.2, 0.25) is 0 Å². The number of carbonyl (C=O) groups is 1. The third-order valence-corrected chi connectivity index (χ3v) is 2.77. The van der Waals surface area contributed by atoms with Crippen molar-refractivity contribution in [2.24, 2.45) is 0 Å². The Morgan fingerprint density at radius 2 is 2.05 bits per heavy atom. The van der Waals surface area contributed by atoms with Crippen molar-refractivity contribution >= 4 is 17.1 Å². The number of carbonyl (C=O) groups excluding carboxylic acids is 1. The number of nitrogens with zero attached hydrogens (tertiary/aromatic N) is 1. The molecule has 0 aliphatic rings. The molecule has 1 unspecified atom stereocenters. The molecule has 2 rings (SSSR count). The first-order chi connectivity index (χ1) is 9.89. The topological polar surface area (TPSA) is 48.4 Å². The Balaban J connectivity index is 2.19. The summed E-state index contributed by atoms with van der Waals surface area (Å²) < 4.78 is 10.4. The SMILES string of the molecule is C=CC(OC(=O)OC(C)(C)C)c1cnc2ccccc2c1. The summed E-state index contributed by atoms with van der Waals surface area (Å²) in [6.45, 7) is 9.07. The monoisotopic (exact) mass is 285 g/mol. The Morgan fingerprint density at radius 1 is 1.33 bits per heavy atom.